The van der Waals surface area contributed by atoms with Crippen LogP contribution in [0.15, 0.2) is 42.7 Å². The normalized spacial score (nSPS) is 17.0. The molecule has 0 saturated carbocycles. The van der Waals surface area contributed by atoms with Crippen LogP contribution >= 0.6 is 23.2 Å². The molecule has 1 aliphatic rings. The molecule has 1 aliphatic heterocycles. The zero-order valence-electron chi connectivity index (χ0n) is 12.9. The summed E-state index contributed by atoms with van der Waals surface area (Å²) in [7, 11) is 0. The maximum Gasteiger partial charge on any atom is 0.137 e. The predicted octanol–water partition coefficient (Wildman–Crippen LogP) is 4.38. The number of benzene rings is 1. The molecule has 5 heteroatoms. The van der Waals surface area contributed by atoms with Crippen LogP contribution in [0.25, 0.3) is 0 Å². The molecule has 1 aromatic heterocycles. The zero-order chi connectivity index (χ0) is 16.1. The van der Waals surface area contributed by atoms with Crippen LogP contribution in [-0.2, 0) is 6.42 Å². The van der Waals surface area contributed by atoms with Gasteiger partial charge in [0.2, 0.25) is 0 Å². The van der Waals surface area contributed by atoms with Gasteiger partial charge in [0, 0.05) is 11.6 Å². The Hall–Kier alpha value is -1.29. The standard InChI is InChI=1S/C18H20Cl2N2O/c19-16-4-3-14(10-17(16)20)11-18(5-8-21-9-6-18)13-23-15-2-1-7-22-12-15/h1-4,7,10,12,21H,5-6,8-9,11,13H2. The minimum Gasteiger partial charge on any atom is -0.491 e. The fourth-order valence-electron chi connectivity index (χ4n) is 3.08. The molecule has 0 aliphatic carbocycles. The maximum absolute atomic E-state index is 6.17. The summed E-state index contributed by atoms with van der Waals surface area (Å²) in [6, 6.07) is 9.74. The van der Waals surface area contributed by atoms with Crippen LogP contribution in [0.2, 0.25) is 10.0 Å². The molecule has 1 aromatic carbocycles. The van der Waals surface area contributed by atoms with Gasteiger partial charge in [-0.25, -0.2) is 0 Å². The maximum atomic E-state index is 6.17. The fourth-order valence-corrected chi connectivity index (χ4v) is 3.40. The number of piperidine rings is 1. The summed E-state index contributed by atoms with van der Waals surface area (Å²) in [5.74, 6) is 0.819. The average Bonchev–Trinajstić information content (AvgIpc) is 2.58. The van der Waals surface area contributed by atoms with Crippen LogP contribution in [0.1, 0.15) is 18.4 Å². The first-order valence-corrected chi connectivity index (χ1v) is 8.60. The van der Waals surface area contributed by atoms with Gasteiger partial charge in [0.1, 0.15) is 5.75 Å². The quantitative estimate of drug-likeness (QED) is 0.868. The van der Waals surface area contributed by atoms with Crippen LogP contribution < -0.4 is 10.1 Å². The van der Waals surface area contributed by atoms with Crippen molar-refractivity contribution in [2.75, 3.05) is 19.7 Å². The molecule has 3 nitrogen and oxygen atoms in total. The molecule has 0 unspecified atom stereocenters. The Labute approximate surface area is 147 Å². The lowest BCUT2D eigenvalue weighted by molar-refractivity contribution is 0.104. The van der Waals surface area contributed by atoms with E-state index in [1.807, 2.05) is 24.3 Å². The van der Waals surface area contributed by atoms with Gasteiger partial charge in [-0.3, -0.25) is 4.98 Å². The highest BCUT2D eigenvalue weighted by Gasteiger charge is 2.33. The van der Waals surface area contributed by atoms with E-state index in [4.69, 9.17) is 27.9 Å². The molecule has 122 valence electrons. The van der Waals surface area contributed by atoms with Crippen molar-refractivity contribution in [1.29, 1.82) is 0 Å². The van der Waals surface area contributed by atoms with Gasteiger partial charge in [0.25, 0.3) is 0 Å². The molecule has 1 fully saturated rings. The van der Waals surface area contributed by atoms with Crippen molar-refractivity contribution in [2.24, 2.45) is 5.41 Å². The van der Waals surface area contributed by atoms with E-state index < -0.39 is 0 Å². The van der Waals surface area contributed by atoms with Crippen molar-refractivity contribution >= 4 is 23.2 Å². The van der Waals surface area contributed by atoms with E-state index in [1.54, 1.807) is 12.4 Å². The molecule has 2 aromatic rings. The second-order valence-electron chi connectivity index (χ2n) is 6.15. The van der Waals surface area contributed by atoms with Gasteiger partial charge in [-0.1, -0.05) is 29.3 Å². The average molecular weight is 351 g/mol. The number of halogens is 2. The molecule has 0 amide bonds. The summed E-state index contributed by atoms with van der Waals surface area (Å²) in [6.45, 7) is 2.70. The van der Waals surface area contributed by atoms with Crippen LogP contribution in [0.3, 0.4) is 0 Å². The first kappa shape index (κ1) is 16.6. The first-order valence-electron chi connectivity index (χ1n) is 7.84. The summed E-state index contributed by atoms with van der Waals surface area (Å²) in [5, 5.41) is 4.64. The highest BCUT2D eigenvalue weighted by Crippen LogP contribution is 2.35. The summed E-state index contributed by atoms with van der Waals surface area (Å²) >= 11 is 12.2. The monoisotopic (exact) mass is 350 g/mol. The van der Waals surface area contributed by atoms with Crippen LogP contribution in [0.4, 0.5) is 0 Å². The van der Waals surface area contributed by atoms with Crippen LogP contribution in [-0.4, -0.2) is 24.7 Å². The predicted molar refractivity (Wildman–Crippen MR) is 94.4 cm³/mol. The van der Waals surface area contributed by atoms with E-state index in [1.165, 1.54) is 5.56 Å². The lowest BCUT2D eigenvalue weighted by Crippen LogP contribution is -2.42. The Bertz CT molecular complexity index is 643. The molecule has 0 atom stereocenters. The van der Waals surface area contributed by atoms with Gasteiger partial charge in [0.15, 0.2) is 0 Å². The van der Waals surface area contributed by atoms with Gasteiger partial charge in [-0.2, -0.15) is 0 Å². The Balaban J connectivity index is 1.74. The molecule has 23 heavy (non-hydrogen) atoms. The molecular formula is C18H20Cl2N2O. The van der Waals surface area contributed by atoms with E-state index in [2.05, 4.69) is 16.4 Å². The molecular weight excluding hydrogens is 331 g/mol. The second kappa shape index (κ2) is 7.52. The van der Waals surface area contributed by atoms with Crippen LogP contribution in [0.5, 0.6) is 5.75 Å². The summed E-state index contributed by atoms with van der Waals surface area (Å²) in [5.41, 5.74) is 1.31. The van der Waals surface area contributed by atoms with E-state index >= 15 is 0 Å². The summed E-state index contributed by atoms with van der Waals surface area (Å²) < 4.78 is 6.03. The number of nitrogens with one attached hydrogen (secondary N) is 1. The Morgan fingerprint density at radius 3 is 2.65 bits per heavy atom. The van der Waals surface area contributed by atoms with Gasteiger partial charge in [-0.05, 0) is 62.2 Å². The number of hydrogen-bond donors (Lipinski definition) is 1. The smallest absolute Gasteiger partial charge is 0.137 e. The SMILES string of the molecule is Clc1ccc(CC2(COc3cccnc3)CCNCC2)cc1Cl. The lowest BCUT2D eigenvalue weighted by atomic mass is 9.75. The third kappa shape index (κ3) is 4.37. The van der Waals surface area contributed by atoms with E-state index in [0.717, 1.165) is 38.1 Å². The third-order valence-electron chi connectivity index (χ3n) is 4.41. The van der Waals surface area contributed by atoms with E-state index in [0.29, 0.717) is 16.7 Å². The molecule has 1 saturated heterocycles. The fraction of sp³-hybridized carbons (Fsp3) is 0.389. The number of rotatable bonds is 5. The molecule has 0 bridgehead atoms. The van der Waals surface area contributed by atoms with Crippen molar-refractivity contribution in [2.45, 2.75) is 19.3 Å². The molecule has 0 spiro atoms. The van der Waals surface area contributed by atoms with Gasteiger partial charge < -0.3 is 10.1 Å². The largest absolute Gasteiger partial charge is 0.491 e. The summed E-state index contributed by atoms with van der Waals surface area (Å²) in [6.07, 6.45) is 6.60. The van der Waals surface area contributed by atoms with E-state index in [9.17, 15) is 0 Å². The molecule has 1 N–H and O–H groups in total. The minimum absolute atomic E-state index is 0.109. The minimum atomic E-state index is 0.109. The Morgan fingerprint density at radius 2 is 1.96 bits per heavy atom. The molecule has 3 rings (SSSR count). The van der Waals surface area contributed by atoms with Crippen molar-refractivity contribution < 1.29 is 4.74 Å². The van der Waals surface area contributed by atoms with Crippen LogP contribution in [0, 0.1) is 5.41 Å². The Kier molecular flexibility index (Phi) is 5.42. The van der Waals surface area contributed by atoms with Gasteiger partial charge in [0.05, 0.1) is 22.8 Å². The number of aromatic nitrogens is 1. The number of pyridine rings is 1. The first-order chi connectivity index (χ1) is 11.2. The third-order valence-corrected chi connectivity index (χ3v) is 5.15. The van der Waals surface area contributed by atoms with Crippen molar-refractivity contribution in [1.82, 2.24) is 10.3 Å². The van der Waals surface area contributed by atoms with Crippen molar-refractivity contribution in [3.8, 4) is 5.75 Å². The highest BCUT2D eigenvalue weighted by atomic mass is 35.5. The highest BCUT2D eigenvalue weighted by molar-refractivity contribution is 6.42. The Morgan fingerprint density at radius 1 is 1.13 bits per heavy atom. The second-order valence-corrected chi connectivity index (χ2v) is 6.97. The summed E-state index contributed by atoms with van der Waals surface area (Å²) in [4.78, 5) is 4.11. The lowest BCUT2D eigenvalue weighted by Gasteiger charge is -2.37. The van der Waals surface area contributed by atoms with E-state index in [-0.39, 0.29) is 5.41 Å². The number of nitrogens with zero attached hydrogens (tertiary/aromatic N) is 1. The molecule has 0 radical (unpaired) electrons. The van der Waals surface area contributed by atoms with Gasteiger partial charge >= 0.3 is 0 Å². The number of ether oxygens (including phenoxy) is 1. The topological polar surface area (TPSA) is 34.1 Å². The van der Waals surface area contributed by atoms with Crippen molar-refractivity contribution in [3.05, 3.63) is 58.3 Å². The van der Waals surface area contributed by atoms with Crippen molar-refractivity contribution in [3.63, 3.8) is 0 Å². The number of hydrogen-bond acceptors (Lipinski definition) is 3. The van der Waals surface area contributed by atoms with Gasteiger partial charge in [-0.15, -0.1) is 0 Å². The zero-order valence-corrected chi connectivity index (χ0v) is 14.4. The molecule has 2 heterocycles.